The Bertz CT molecular complexity index is 961. The van der Waals surface area contributed by atoms with Gasteiger partial charge in [0.2, 0.25) is 0 Å². The minimum Gasteiger partial charge on any atom is -0.481 e. The molecule has 0 aromatic carbocycles. The van der Waals surface area contributed by atoms with Gasteiger partial charge in [-0.3, -0.25) is 9.59 Å². The van der Waals surface area contributed by atoms with Gasteiger partial charge < -0.3 is 20.4 Å². The second kappa shape index (κ2) is 8.30. The van der Waals surface area contributed by atoms with Crippen molar-refractivity contribution < 1.29 is 30.0 Å². The number of hydrogen-bond donors (Lipinski definition) is 4. The molecule has 0 aliphatic heterocycles. The fourth-order valence-electron chi connectivity index (χ4n) is 9.87. The minimum atomic E-state index is -0.930. The van der Waals surface area contributed by atoms with Gasteiger partial charge in [0.1, 0.15) is 0 Å². The van der Waals surface area contributed by atoms with Crippen molar-refractivity contribution in [3.63, 3.8) is 0 Å². The molecular weight excluding hydrogens is 456 g/mol. The SMILES string of the molecule is CC(C)(O)[C@@H]1CC[C@]2(C)[C@H](CC=C3[C@@H]4CC(C)(C)[C@@H](O)C[C@]4(C(=O)O)CC[C@]32C)[C@@]1(C)CCC(=O)O. The second-order valence-electron chi connectivity index (χ2n) is 14.8. The number of aliphatic carboxylic acids is 2. The molecule has 0 saturated heterocycles. The van der Waals surface area contributed by atoms with E-state index in [2.05, 4.69) is 40.7 Å². The molecule has 0 unspecified atom stereocenters. The molecule has 0 amide bonds. The molecule has 3 fully saturated rings. The Labute approximate surface area is 216 Å². The summed E-state index contributed by atoms with van der Waals surface area (Å²) in [5.41, 5.74) is -1.61. The van der Waals surface area contributed by atoms with Gasteiger partial charge in [0.15, 0.2) is 0 Å². The van der Waals surface area contributed by atoms with Crippen molar-refractivity contribution in [1.29, 1.82) is 0 Å². The van der Waals surface area contributed by atoms with Crippen LogP contribution < -0.4 is 0 Å². The highest BCUT2D eigenvalue weighted by Gasteiger charge is 2.68. The number of hydrogen-bond acceptors (Lipinski definition) is 4. The first kappa shape index (κ1) is 27.6. The molecule has 4 rings (SSSR count). The van der Waals surface area contributed by atoms with E-state index in [1.54, 1.807) is 0 Å². The van der Waals surface area contributed by atoms with Gasteiger partial charge in [-0.05, 0) is 105 Å². The van der Waals surface area contributed by atoms with Crippen LogP contribution in [0.25, 0.3) is 0 Å². The summed E-state index contributed by atoms with van der Waals surface area (Å²) in [5, 5.41) is 42.2. The quantitative estimate of drug-likeness (QED) is 0.359. The van der Waals surface area contributed by atoms with Crippen LogP contribution in [0.4, 0.5) is 0 Å². The van der Waals surface area contributed by atoms with E-state index >= 15 is 0 Å². The molecule has 3 saturated carbocycles. The maximum atomic E-state index is 12.8. The van der Waals surface area contributed by atoms with Crippen LogP contribution in [0.3, 0.4) is 0 Å². The van der Waals surface area contributed by atoms with Crippen molar-refractivity contribution in [3.05, 3.63) is 11.6 Å². The smallest absolute Gasteiger partial charge is 0.310 e. The number of rotatable bonds is 5. The van der Waals surface area contributed by atoms with Gasteiger partial charge in [-0.1, -0.05) is 46.3 Å². The van der Waals surface area contributed by atoms with Gasteiger partial charge >= 0.3 is 11.9 Å². The molecule has 36 heavy (non-hydrogen) atoms. The Morgan fingerprint density at radius 2 is 1.67 bits per heavy atom. The standard InChI is InChI=1S/C30H48O6/c1-25(2)16-19-18-8-9-21-27(5,12-11-23(32)33)20(26(3,4)36)10-13-29(21,7)28(18,6)14-15-30(19,24(34)35)17-22(25)31/h8,19-22,31,36H,9-17H2,1-7H3,(H,32,33)(H,34,35)/t19-,20-,21+,22-,27-,28+,29+,30+/m0/s1. The van der Waals surface area contributed by atoms with Crippen LogP contribution >= 0.6 is 0 Å². The fraction of sp³-hybridized carbons (Fsp3) is 0.867. The van der Waals surface area contributed by atoms with E-state index < -0.39 is 29.1 Å². The predicted molar refractivity (Wildman–Crippen MR) is 138 cm³/mol. The van der Waals surface area contributed by atoms with Crippen LogP contribution in [0.1, 0.15) is 106 Å². The van der Waals surface area contributed by atoms with Crippen LogP contribution in [0, 0.1) is 44.8 Å². The lowest BCUT2D eigenvalue weighted by Gasteiger charge is -2.69. The third-order valence-corrected chi connectivity index (χ3v) is 12.2. The summed E-state index contributed by atoms with van der Waals surface area (Å²) in [6.07, 6.45) is 7.08. The highest BCUT2D eigenvalue weighted by molar-refractivity contribution is 5.77. The van der Waals surface area contributed by atoms with Gasteiger partial charge in [-0.2, -0.15) is 0 Å². The van der Waals surface area contributed by atoms with E-state index in [1.807, 2.05) is 13.8 Å². The highest BCUT2D eigenvalue weighted by Crippen LogP contribution is 2.74. The molecule has 4 N–H and O–H groups in total. The molecule has 0 aromatic rings. The van der Waals surface area contributed by atoms with Crippen molar-refractivity contribution in [2.45, 2.75) is 118 Å². The summed E-state index contributed by atoms with van der Waals surface area (Å²) in [6, 6.07) is 0. The Morgan fingerprint density at radius 3 is 2.22 bits per heavy atom. The van der Waals surface area contributed by atoms with Gasteiger partial charge in [0, 0.05) is 6.42 Å². The van der Waals surface area contributed by atoms with Gasteiger partial charge in [-0.15, -0.1) is 0 Å². The molecule has 0 heterocycles. The molecule has 204 valence electrons. The first-order valence-electron chi connectivity index (χ1n) is 13.9. The summed E-state index contributed by atoms with van der Waals surface area (Å²) >= 11 is 0. The molecule has 4 aliphatic carbocycles. The van der Waals surface area contributed by atoms with Crippen molar-refractivity contribution in [2.24, 2.45) is 44.8 Å². The van der Waals surface area contributed by atoms with Crippen molar-refractivity contribution in [3.8, 4) is 0 Å². The normalized spacial score (nSPS) is 46.1. The zero-order chi connectivity index (χ0) is 27.1. The molecule has 0 radical (unpaired) electrons. The van der Waals surface area contributed by atoms with Crippen LogP contribution in [-0.2, 0) is 9.59 Å². The highest BCUT2D eigenvalue weighted by atomic mass is 16.4. The number of allylic oxidation sites excluding steroid dienone is 2. The van der Waals surface area contributed by atoms with Crippen LogP contribution in [0.2, 0.25) is 0 Å². The number of aliphatic hydroxyl groups excluding tert-OH is 1. The Kier molecular flexibility index (Phi) is 6.37. The maximum Gasteiger partial charge on any atom is 0.310 e. The van der Waals surface area contributed by atoms with Crippen molar-refractivity contribution in [2.75, 3.05) is 0 Å². The van der Waals surface area contributed by atoms with Crippen LogP contribution in [-0.4, -0.2) is 44.1 Å². The van der Waals surface area contributed by atoms with Crippen molar-refractivity contribution >= 4 is 11.9 Å². The van der Waals surface area contributed by atoms with E-state index in [-0.39, 0.29) is 45.8 Å². The fourth-order valence-corrected chi connectivity index (χ4v) is 9.87. The summed E-state index contributed by atoms with van der Waals surface area (Å²) in [7, 11) is 0. The molecule has 6 nitrogen and oxygen atoms in total. The predicted octanol–water partition coefficient (Wildman–Crippen LogP) is 5.66. The number of carboxylic acid groups (broad SMARTS) is 2. The van der Waals surface area contributed by atoms with E-state index in [1.165, 1.54) is 5.57 Å². The number of carboxylic acids is 2. The summed E-state index contributed by atoms with van der Waals surface area (Å²) in [5.74, 6) is -1.51. The maximum absolute atomic E-state index is 12.8. The van der Waals surface area contributed by atoms with E-state index in [4.69, 9.17) is 0 Å². The van der Waals surface area contributed by atoms with E-state index in [0.717, 1.165) is 25.7 Å². The molecule has 0 aromatic heterocycles. The molecule has 0 bridgehead atoms. The molecule has 4 aliphatic rings. The molecular formula is C30H48O6. The Balaban J connectivity index is 1.83. The average Bonchev–Trinajstić information content (AvgIpc) is 2.73. The van der Waals surface area contributed by atoms with Gasteiger partial charge in [-0.25, -0.2) is 0 Å². The lowest BCUT2D eigenvalue weighted by atomic mass is 9.35. The largest absolute Gasteiger partial charge is 0.481 e. The van der Waals surface area contributed by atoms with Gasteiger partial charge in [0.05, 0.1) is 17.1 Å². The number of aliphatic hydroxyl groups is 2. The number of carbonyl (C=O) groups is 2. The van der Waals surface area contributed by atoms with E-state index in [0.29, 0.717) is 25.7 Å². The topological polar surface area (TPSA) is 115 Å². The summed E-state index contributed by atoms with van der Waals surface area (Å²) < 4.78 is 0. The van der Waals surface area contributed by atoms with Gasteiger partial charge in [0.25, 0.3) is 0 Å². The zero-order valence-electron chi connectivity index (χ0n) is 23.4. The lowest BCUT2D eigenvalue weighted by molar-refractivity contribution is -0.195. The Hall–Kier alpha value is -1.40. The monoisotopic (exact) mass is 504 g/mol. The number of fused-ring (bicyclic) bond motifs is 5. The summed E-state index contributed by atoms with van der Waals surface area (Å²) in [4.78, 5) is 24.5. The third kappa shape index (κ3) is 3.72. The molecule has 8 atom stereocenters. The zero-order valence-corrected chi connectivity index (χ0v) is 23.4. The van der Waals surface area contributed by atoms with Crippen molar-refractivity contribution in [1.82, 2.24) is 0 Å². The molecule has 0 spiro atoms. The van der Waals surface area contributed by atoms with E-state index in [9.17, 15) is 30.0 Å². The summed E-state index contributed by atoms with van der Waals surface area (Å²) in [6.45, 7) is 14.7. The first-order chi connectivity index (χ1) is 16.4. The van der Waals surface area contributed by atoms with Crippen LogP contribution in [0.15, 0.2) is 11.6 Å². The lowest BCUT2D eigenvalue weighted by Crippen LogP contribution is -2.64. The third-order valence-electron chi connectivity index (χ3n) is 12.2. The Morgan fingerprint density at radius 1 is 1.03 bits per heavy atom. The second-order valence-corrected chi connectivity index (χ2v) is 14.8. The molecule has 6 heteroatoms. The van der Waals surface area contributed by atoms with Crippen LogP contribution in [0.5, 0.6) is 0 Å². The first-order valence-corrected chi connectivity index (χ1v) is 13.9. The minimum absolute atomic E-state index is 0.00793. The average molecular weight is 505 g/mol.